The number of aliphatic imine (C=N–C) groups is 1. The summed E-state index contributed by atoms with van der Waals surface area (Å²) >= 11 is 0. The van der Waals surface area contributed by atoms with Crippen LogP contribution in [0.25, 0.3) is 0 Å². The zero-order valence-corrected chi connectivity index (χ0v) is 16.3. The van der Waals surface area contributed by atoms with Crippen LogP contribution in [0, 0.1) is 0 Å². The smallest absolute Gasteiger partial charge is 0.191 e. The summed E-state index contributed by atoms with van der Waals surface area (Å²) in [5.74, 6) is 2.43. The quantitative estimate of drug-likeness (QED) is 0.380. The molecule has 0 radical (unpaired) electrons. The van der Waals surface area contributed by atoms with Gasteiger partial charge in [-0.1, -0.05) is 6.07 Å². The SMILES string of the molecule is CCNC(=NCc1ccc(OC)c(OC2CCCC2)c1)NCCCOC. The van der Waals surface area contributed by atoms with E-state index in [0.717, 1.165) is 62.0 Å². The van der Waals surface area contributed by atoms with Crippen LogP contribution in [-0.2, 0) is 11.3 Å². The minimum absolute atomic E-state index is 0.308. The highest BCUT2D eigenvalue weighted by molar-refractivity contribution is 5.79. The molecule has 0 heterocycles. The van der Waals surface area contributed by atoms with E-state index in [2.05, 4.69) is 28.6 Å². The van der Waals surface area contributed by atoms with Crippen LogP contribution in [-0.4, -0.2) is 46.0 Å². The van der Waals surface area contributed by atoms with Gasteiger partial charge < -0.3 is 24.8 Å². The summed E-state index contributed by atoms with van der Waals surface area (Å²) in [6.07, 6.45) is 6.00. The van der Waals surface area contributed by atoms with Crippen LogP contribution in [0.2, 0.25) is 0 Å². The molecule has 2 N–H and O–H groups in total. The molecule has 6 heteroatoms. The first kappa shape index (κ1) is 20.4. The molecule has 146 valence electrons. The number of rotatable bonds is 10. The molecule has 0 amide bonds. The second kappa shape index (κ2) is 11.6. The van der Waals surface area contributed by atoms with E-state index in [1.54, 1.807) is 14.2 Å². The molecule has 0 atom stereocenters. The predicted molar refractivity (Wildman–Crippen MR) is 105 cm³/mol. The lowest BCUT2D eigenvalue weighted by atomic mass is 10.2. The first-order valence-corrected chi connectivity index (χ1v) is 9.61. The summed E-state index contributed by atoms with van der Waals surface area (Å²) in [6.45, 7) is 5.05. The zero-order chi connectivity index (χ0) is 18.6. The van der Waals surface area contributed by atoms with Crippen molar-refractivity contribution in [1.29, 1.82) is 0 Å². The minimum atomic E-state index is 0.308. The van der Waals surface area contributed by atoms with Gasteiger partial charge in [-0.2, -0.15) is 0 Å². The van der Waals surface area contributed by atoms with Gasteiger partial charge in [-0.05, 0) is 56.7 Å². The van der Waals surface area contributed by atoms with E-state index in [9.17, 15) is 0 Å². The molecule has 0 aliphatic heterocycles. The molecule has 0 aromatic heterocycles. The summed E-state index contributed by atoms with van der Waals surface area (Å²) in [6, 6.07) is 6.06. The standard InChI is InChI=1S/C20H33N3O3/c1-4-21-20(22-12-7-13-24-2)23-15-16-10-11-18(25-3)19(14-16)26-17-8-5-6-9-17/h10-11,14,17H,4-9,12-13,15H2,1-3H3,(H2,21,22,23). The number of hydrogen-bond donors (Lipinski definition) is 2. The van der Waals surface area contributed by atoms with E-state index >= 15 is 0 Å². The van der Waals surface area contributed by atoms with Crippen molar-refractivity contribution in [3.63, 3.8) is 0 Å². The maximum atomic E-state index is 6.17. The summed E-state index contributed by atoms with van der Waals surface area (Å²) in [5, 5.41) is 6.59. The van der Waals surface area contributed by atoms with Gasteiger partial charge in [-0.25, -0.2) is 4.99 Å². The Balaban J connectivity index is 1.99. The second-order valence-corrected chi connectivity index (χ2v) is 6.48. The highest BCUT2D eigenvalue weighted by atomic mass is 16.5. The maximum absolute atomic E-state index is 6.17. The van der Waals surface area contributed by atoms with Gasteiger partial charge in [0.25, 0.3) is 0 Å². The Labute approximate surface area is 157 Å². The molecule has 1 aliphatic carbocycles. The summed E-state index contributed by atoms with van der Waals surface area (Å²) in [5.41, 5.74) is 1.10. The Morgan fingerprint density at radius 3 is 2.65 bits per heavy atom. The summed E-state index contributed by atoms with van der Waals surface area (Å²) in [7, 11) is 3.40. The number of guanidine groups is 1. The highest BCUT2D eigenvalue weighted by Gasteiger charge is 2.18. The number of methoxy groups -OCH3 is 2. The number of nitrogens with zero attached hydrogens (tertiary/aromatic N) is 1. The van der Waals surface area contributed by atoms with Crippen LogP contribution < -0.4 is 20.1 Å². The molecular weight excluding hydrogens is 330 g/mol. The fourth-order valence-corrected chi connectivity index (χ4v) is 3.03. The van der Waals surface area contributed by atoms with E-state index in [0.29, 0.717) is 12.6 Å². The molecule has 2 rings (SSSR count). The van der Waals surface area contributed by atoms with Crippen LogP contribution in [0.3, 0.4) is 0 Å². The number of hydrogen-bond acceptors (Lipinski definition) is 4. The molecule has 26 heavy (non-hydrogen) atoms. The van der Waals surface area contributed by atoms with Gasteiger partial charge in [-0.15, -0.1) is 0 Å². The Morgan fingerprint density at radius 2 is 1.96 bits per heavy atom. The average Bonchev–Trinajstić information content (AvgIpc) is 3.16. The third kappa shape index (κ3) is 6.75. The monoisotopic (exact) mass is 363 g/mol. The van der Waals surface area contributed by atoms with Crippen LogP contribution >= 0.6 is 0 Å². The average molecular weight is 364 g/mol. The van der Waals surface area contributed by atoms with Crippen molar-refractivity contribution in [2.45, 2.75) is 51.7 Å². The van der Waals surface area contributed by atoms with Crippen molar-refractivity contribution in [3.05, 3.63) is 23.8 Å². The predicted octanol–water partition coefficient (Wildman–Crippen LogP) is 3.11. The Hall–Kier alpha value is -1.95. The zero-order valence-electron chi connectivity index (χ0n) is 16.3. The normalized spacial score (nSPS) is 15.1. The minimum Gasteiger partial charge on any atom is -0.493 e. The van der Waals surface area contributed by atoms with Crippen LogP contribution in [0.5, 0.6) is 11.5 Å². The first-order valence-electron chi connectivity index (χ1n) is 9.61. The lowest BCUT2D eigenvalue weighted by Crippen LogP contribution is -2.38. The Bertz CT molecular complexity index is 557. The van der Waals surface area contributed by atoms with Gasteiger partial charge in [0.15, 0.2) is 17.5 Å². The molecular formula is C20H33N3O3. The lowest BCUT2D eigenvalue weighted by Gasteiger charge is -2.17. The number of nitrogens with one attached hydrogen (secondary N) is 2. The van der Waals surface area contributed by atoms with Crippen LogP contribution in [0.4, 0.5) is 0 Å². The number of ether oxygens (including phenoxy) is 3. The molecule has 1 saturated carbocycles. The van der Waals surface area contributed by atoms with E-state index in [4.69, 9.17) is 14.2 Å². The highest BCUT2D eigenvalue weighted by Crippen LogP contribution is 2.32. The van der Waals surface area contributed by atoms with Gasteiger partial charge in [0.2, 0.25) is 0 Å². The first-order chi connectivity index (χ1) is 12.8. The molecule has 1 aromatic rings. The molecule has 0 saturated heterocycles. The second-order valence-electron chi connectivity index (χ2n) is 6.48. The van der Waals surface area contributed by atoms with E-state index < -0.39 is 0 Å². The lowest BCUT2D eigenvalue weighted by molar-refractivity contribution is 0.195. The maximum Gasteiger partial charge on any atom is 0.191 e. The van der Waals surface area contributed by atoms with Gasteiger partial charge in [0, 0.05) is 26.8 Å². The van der Waals surface area contributed by atoms with Crippen LogP contribution in [0.1, 0.15) is 44.6 Å². The largest absolute Gasteiger partial charge is 0.493 e. The van der Waals surface area contributed by atoms with Crippen molar-refractivity contribution in [2.75, 3.05) is 33.9 Å². The summed E-state index contributed by atoms with van der Waals surface area (Å²) < 4.78 is 16.7. The van der Waals surface area contributed by atoms with Gasteiger partial charge >= 0.3 is 0 Å². The third-order valence-corrected chi connectivity index (χ3v) is 4.41. The van der Waals surface area contributed by atoms with Crippen LogP contribution in [0.15, 0.2) is 23.2 Å². The molecule has 1 aromatic carbocycles. The molecule has 1 fully saturated rings. The molecule has 0 bridgehead atoms. The molecule has 6 nitrogen and oxygen atoms in total. The van der Waals surface area contributed by atoms with Crippen molar-refractivity contribution >= 4 is 5.96 Å². The third-order valence-electron chi connectivity index (χ3n) is 4.41. The van der Waals surface area contributed by atoms with Gasteiger partial charge in [0.05, 0.1) is 19.8 Å². The van der Waals surface area contributed by atoms with E-state index in [-0.39, 0.29) is 0 Å². The summed E-state index contributed by atoms with van der Waals surface area (Å²) in [4.78, 5) is 4.67. The molecule has 0 spiro atoms. The fraction of sp³-hybridized carbons (Fsp3) is 0.650. The van der Waals surface area contributed by atoms with E-state index in [1.807, 2.05) is 12.1 Å². The molecule has 1 aliphatic rings. The van der Waals surface area contributed by atoms with Gasteiger partial charge in [0.1, 0.15) is 0 Å². The van der Waals surface area contributed by atoms with Crippen molar-refractivity contribution < 1.29 is 14.2 Å². The van der Waals surface area contributed by atoms with Crippen molar-refractivity contribution in [2.24, 2.45) is 4.99 Å². The Morgan fingerprint density at radius 1 is 1.15 bits per heavy atom. The van der Waals surface area contributed by atoms with Gasteiger partial charge in [-0.3, -0.25) is 0 Å². The fourth-order valence-electron chi connectivity index (χ4n) is 3.03. The number of benzene rings is 1. The van der Waals surface area contributed by atoms with Crippen molar-refractivity contribution in [3.8, 4) is 11.5 Å². The van der Waals surface area contributed by atoms with Crippen molar-refractivity contribution in [1.82, 2.24) is 10.6 Å². The molecule has 0 unspecified atom stereocenters. The Kier molecular flexibility index (Phi) is 9.10. The van der Waals surface area contributed by atoms with E-state index in [1.165, 1.54) is 12.8 Å². The topological polar surface area (TPSA) is 64.1 Å².